The molecule has 0 heterocycles. The number of imide groups is 1. The minimum Gasteiger partial charge on any atom is -0.399 e. The first-order valence-corrected chi connectivity index (χ1v) is 7.03. The van der Waals surface area contributed by atoms with Crippen molar-refractivity contribution >= 4 is 45.0 Å². The molecule has 2 aromatic rings. The Balaban J connectivity index is 1.96. The second kappa shape index (κ2) is 6.86. The summed E-state index contributed by atoms with van der Waals surface area (Å²) >= 11 is 3.26. The predicted molar refractivity (Wildman–Crippen MR) is 86.1 cm³/mol. The molecule has 22 heavy (non-hydrogen) atoms. The van der Waals surface area contributed by atoms with Gasteiger partial charge in [-0.3, -0.25) is 19.7 Å². The largest absolute Gasteiger partial charge is 0.399 e. The van der Waals surface area contributed by atoms with Crippen molar-refractivity contribution in [2.75, 3.05) is 11.1 Å². The summed E-state index contributed by atoms with van der Waals surface area (Å²) in [5.74, 6) is -2.63. The van der Waals surface area contributed by atoms with Gasteiger partial charge >= 0.3 is 11.8 Å². The molecule has 0 saturated carbocycles. The van der Waals surface area contributed by atoms with Crippen molar-refractivity contribution in [1.29, 1.82) is 0 Å². The Bertz CT molecular complexity index is 712. The first-order chi connectivity index (χ1) is 10.5. The molecule has 0 aliphatic carbocycles. The van der Waals surface area contributed by atoms with Crippen LogP contribution < -0.4 is 16.4 Å². The number of rotatable bonds is 2. The lowest BCUT2D eigenvalue weighted by Gasteiger charge is -2.06. The second-order valence-corrected chi connectivity index (χ2v) is 5.28. The van der Waals surface area contributed by atoms with E-state index in [0.717, 1.165) is 4.47 Å². The van der Waals surface area contributed by atoms with Gasteiger partial charge in [0.2, 0.25) is 0 Å². The van der Waals surface area contributed by atoms with Crippen molar-refractivity contribution in [3.05, 3.63) is 58.6 Å². The fourth-order valence-electron chi connectivity index (χ4n) is 1.59. The molecule has 2 aromatic carbocycles. The van der Waals surface area contributed by atoms with Gasteiger partial charge in [-0.1, -0.05) is 15.9 Å². The third-order valence-electron chi connectivity index (χ3n) is 2.71. The van der Waals surface area contributed by atoms with Gasteiger partial charge < -0.3 is 11.1 Å². The Morgan fingerprint density at radius 3 is 2.05 bits per heavy atom. The minimum atomic E-state index is -1.04. The fourth-order valence-corrected chi connectivity index (χ4v) is 1.85. The average molecular weight is 362 g/mol. The zero-order valence-corrected chi connectivity index (χ0v) is 12.9. The third kappa shape index (κ3) is 4.16. The molecule has 0 aliphatic heterocycles. The summed E-state index contributed by atoms with van der Waals surface area (Å²) in [5, 5.41) is 4.40. The summed E-state index contributed by atoms with van der Waals surface area (Å²) in [6, 6.07) is 12.7. The molecule has 0 radical (unpaired) electrons. The minimum absolute atomic E-state index is 0.235. The van der Waals surface area contributed by atoms with Crippen molar-refractivity contribution in [2.45, 2.75) is 0 Å². The van der Waals surface area contributed by atoms with E-state index in [2.05, 4.69) is 21.2 Å². The van der Waals surface area contributed by atoms with E-state index in [1.54, 1.807) is 24.3 Å². The number of nitrogen functional groups attached to an aromatic ring is 1. The van der Waals surface area contributed by atoms with Crippen LogP contribution in [0.1, 0.15) is 10.4 Å². The van der Waals surface area contributed by atoms with E-state index in [1.807, 2.05) is 5.32 Å². The van der Waals surface area contributed by atoms with Crippen LogP contribution in [0.25, 0.3) is 0 Å². The number of anilines is 2. The topological polar surface area (TPSA) is 101 Å². The van der Waals surface area contributed by atoms with Crippen LogP contribution >= 0.6 is 15.9 Å². The van der Waals surface area contributed by atoms with Gasteiger partial charge in [-0.15, -0.1) is 0 Å². The van der Waals surface area contributed by atoms with Gasteiger partial charge in [0, 0.05) is 21.4 Å². The van der Waals surface area contributed by atoms with Crippen molar-refractivity contribution in [2.24, 2.45) is 0 Å². The number of nitrogens with two attached hydrogens (primary N) is 1. The lowest BCUT2D eigenvalue weighted by Crippen LogP contribution is -2.39. The molecule has 112 valence electrons. The van der Waals surface area contributed by atoms with E-state index in [1.165, 1.54) is 24.3 Å². The van der Waals surface area contributed by atoms with Crippen molar-refractivity contribution in [3.8, 4) is 0 Å². The van der Waals surface area contributed by atoms with Gasteiger partial charge in [-0.05, 0) is 48.5 Å². The van der Waals surface area contributed by atoms with Crippen molar-refractivity contribution in [1.82, 2.24) is 5.32 Å². The van der Waals surface area contributed by atoms with E-state index in [0.29, 0.717) is 11.4 Å². The maximum Gasteiger partial charge on any atom is 0.316 e. The van der Waals surface area contributed by atoms with Crippen LogP contribution in [-0.4, -0.2) is 17.7 Å². The summed E-state index contributed by atoms with van der Waals surface area (Å²) in [6.07, 6.45) is 0. The number of halogens is 1. The second-order valence-electron chi connectivity index (χ2n) is 4.37. The van der Waals surface area contributed by atoms with Crippen molar-refractivity contribution < 1.29 is 14.4 Å². The normalized spacial score (nSPS) is 9.86. The number of nitrogens with one attached hydrogen (secondary N) is 2. The van der Waals surface area contributed by atoms with Crippen molar-refractivity contribution in [3.63, 3.8) is 0 Å². The van der Waals surface area contributed by atoms with Crippen LogP contribution in [0, 0.1) is 0 Å². The monoisotopic (exact) mass is 361 g/mol. The van der Waals surface area contributed by atoms with Crippen LogP contribution in [0.3, 0.4) is 0 Å². The Hall–Kier alpha value is -2.67. The SMILES string of the molecule is Nc1ccc(C(=O)NC(=O)C(=O)Nc2ccc(Br)cc2)cc1. The van der Waals surface area contributed by atoms with Crippen LogP contribution in [0.5, 0.6) is 0 Å². The molecule has 2 rings (SSSR count). The van der Waals surface area contributed by atoms with Crippen LogP contribution in [0.15, 0.2) is 53.0 Å². The Morgan fingerprint density at radius 2 is 1.45 bits per heavy atom. The van der Waals surface area contributed by atoms with E-state index in [4.69, 9.17) is 5.73 Å². The summed E-state index contributed by atoms with van der Waals surface area (Å²) in [6.45, 7) is 0. The molecule has 7 heteroatoms. The zero-order chi connectivity index (χ0) is 16.1. The van der Waals surface area contributed by atoms with E-state index >= 15 is 0 Å². The van der Waals surface area contributed by atoms with E-state index < -0.39 is 17.7 Å². The molecule has 0 bridgehead atoms. The zero-order valence-electron chi connectivity index (χ0n) is 11.3. The molecule has 3 amide bonds. The van der Waals surface area contributed by atoms with Gasteiger partial charge in [0.25, 0.3) is 5.91 Å². The Morgan fingerprint density at radius 1 is 0.864 bits per heavy atom. The lowest BCUT2D eigenvalue weighted by atomic mass is 10.2. The molecule has 0 fully saturated rings. The highest BCUT2D eigenvalue weighted by Gasteiger charge is 2.17. The van der Waals surface area contributed by atoms with E-state index in [-0.39, 0.29) is 5.56 Å². The van der Waals surface area contributed by atoms with E-state index in [9.17, 15) is 14.4 Å². The Labute approximate surface area is 134 Å². The molecule has 0 aliphatic rings. The fraction of sp³-hybridized carbons (Fsp3) is 0. The maximum absolute atomic E-state index is 11.8. The predicted octanol–water partition coefficient (Wildman–Crippen LogP) is 1.93. The molecule has 0 aromatic heterocycles. The lowest BCUT2D eigenvalue weighted by molar-refractivity contribution is -0.135. The molecule has 0 saturated heterocycles. The van der Waals surface area contributed by atoms with Gasteiger partial charge in [-0.25, -0.2) is 0 Å². The summed E-state index contributed by atoms with van der Waals surface area (Å²) in [7, 11) is 0. The number of benzene rings is 2. The van der Waals surface area contributed by atoms with Crippen LogP contribution in [-0.2, 0) is 9.59 Å². The molecule has 6 nitrogen and oxygen atoms in total. The molecular weight excluding hydrogens is 350 g/mol. The number of hydrogen-bond acceptors (Lipinski definition) is 4. The first kappa shape index (κ1) is 15.7. The van der Waals surface area contributed by atoms with Gasteiger partial charge in [0.1, 0.15) is 0 Å². The van der Waals surface area contributed by atoms with Gasteiger partial charge in [-0.2, -0.15) is 0 Å². The number of carbonyl (C=O) groups is 3. The standard InChI is InChI=1S/C15H12BrN3O3/c16-10-3-7-12(8-4-10)18-14(21)15(22)19-13(20)9-1-5-11(17)6-2-9/h1-8H,17H2,(H,18,21)(H,19,20,22). The number of amides is 3. The van der Waals surface area contributed by atoms with Gasteiger partial charge in [0.05, 0.1) is 0 Å². The highest BCUT2D eigenvalue weighted by molar-refractivity contribution is 9.10. The summed E-state index contributed by atoms with van der Waals surface area (Å²) in [4.78, 5) is 35.2. The van der Waals surface area contributed by atoms with Crippen LogP contribution in [0.4, 0.5) is 11.4 Å². The Kier molecular flexibility index (Phi) is 4.90. The summed E-state index contributed by atoms with van der Waals surface area (Å²) in [5.41, 5.74) is 6.69. The summed E-state index contributed by atoms with van der Waals surface area (Å²) < 4.78 is 0.841. The molecular formula is C15H12BrN3O3. The highest BCUT2D eigenvalue weighted by atomic mass is 79.9. The van der Waals surface area contributed by atoms with Crippen LogP contribution in [0.2, 0.25) is 0 Å². The van der Waals surface area contributed by atoms with Gasteiger partial charge in [0.15, 0.2) is 0 Å². The molecule has 0 spiro atoms. The molecule has 0 atom stereocenters. The quantitative estimate of drug-likeness (QED) is 0.561. The number of carbonyl (C=O) groups excluding carboxylic acids is 3. The number of hydrogen-bond donors (Lipinski definition) is 3. The molecule has 0 unspecified atom stereocenters. The third-order valence-corrected chi connectivity index (χ3v) is 3.24. The highest BCUT2D eigenvalue weighted by Crippen LogP contribution is 2.13. The maximum atomic E-state index is 11.8. The average Bonchev–Trinajstić information content (AvgIpc) is 2.50. The first-order valence-electron chi connectivity index (χ1n) is 6.23. The molecule has 4 N–H and O–H groups in total. The smallest absolute Gasteiger partial charge is 0.316 e.